The van der Waals surface area contributed by atoms with Crippen molar-refractivity contribution in [2.75, 3.05) is 0 Å². The molecule has 1 saturated heterocycles. The Bertz CT molecular complexity index is 642. The van der Waals surface area contributed by atoms with Gasteiger partial charge in [-0.2, -0.15) is 0 Å². The molecule has 1 aliphatic heterocycles. The lowest BCUT2D eigenvalue weighted by molar-refractivity contribution is -0.151. The first-order chi connectivity index (χ1) is 12.7. The minimum atomic E-state index is -0.416. The van der Waals surface area contributed by atoms with Gasteiger partial charge in [0.2, 0.25) is 0 Å². The quantitative estimate of drug-likeness (QED) is 0.838. The third-order valence-corrected chi connectivity index (χ3v) is 6.22. The SMILES string of the molecule is O=C(OCc1ccccc1)[C@@H]1[C@H]2CC[C@@H](C2)N1C(=O)NC1CCCCC1. The van der Waals surface area contributed by atoms with E-state index >= 15 is 0 Å². The van der Waals surface area contributed by atoms with Crippen molar-refractivity contribution in [2.45, 2.75) is 76.1 Å². The van der Waals surface area contributed by atoms with Crippen LogP contribution >= 0.6 is 0 Å². The Labute approximate surface area is 155 Å². The molecule has 0 radical (unpaired) electrons. The molecule has 1 N–H and O–H groups in total. The lowest BCUT2D eigenvalue weighted by atomic mass is 9.95. The zero-order valence-electron chi connectivity index (χ0n) is 15.2. The number of carbonyl (C=O) groups excluding carboxylic acids is 2. The smallest absolute Gasteiger partial charge is 0.329 e. The fourth-order valence-corrected chi connectivity index (χ4v) is 4.89. The molecule has 3 atom stereocenters. The fourth-order valence-electron chi connectivity index (χ4n) is 4.89. The first-order valence-corrected chi connectivity index (χ1v) is 10.0. The number of benzene rings is 1. The zero-order chi connectivity index (χ0) is 17.9. The van der Waals surface area contributed by atoms with Crippen LogP contribution in [-0.2, 0) is 16.1 Å². The predicted octanol–water partition coefficient (Wildman–Crippen LogP) is 3.63. The van der Waals surface area contributed by atoms with Crippen LogP contribution in [0, 0.1) is 5.92 Å². The van der Waals surface area contributed by atoms with Gasteiger partial charge in [0.25, 0.3) is 0 Å². The van der Waals surface area contributed by atoms with Crippen LogP contribution in [0.3, 0.4) is 0 Å². The summed E-state index contributed by atoms with van der Waals surface area (Å²) < 4.78 is 5.57. The number of urea groups is 1. The number of likely N-dealkylation sites (tertiary alicyclic amines) is 1. The predicted molar refractivity (Wildman–Crippen MR) is 98.4 cm³/mol. The van der Waals surface area contributed by atoms with Gasteiger partial charge in [-0.1, -0.05) is 49.6 Å². The molecule has 2 bridgehead atoms. The van der Waals surface area contributed by atoms with Crippen molar-refractivity contribution >= 4 is 12.0 Å². The molecule has 1 aromatic rings. The van der Waals surface area contributed by atoms with Gasteiger partial charge < -0.3 is 15.0 Å². The lowest BCUT2D eigenvalue weighted by Crippen LogP contribution is -2.55. The van der Waals surface area contributed by atoms with Crippen molar-refractivity contribution < 1.29 is 14.3 Å². The molecule has 26 heavy (non-hydrogen) atoms. The molecule has 3 aliphatic rings. The number of esters is 1. The second kappa shape index (κ2) is 7.68. The molecule has 5 heteroatoms. The highest BCUT2D eigenvalue weighted by Gasteiger charge is 2.52. The van der Waals surface area contributed by atoms with E-state index in [9.17, 15) is 9.59 Å². The lowest BCUT2D eigenvalue weighted by Gasteiger charge is -2.35. The van der Waals surface area contributed by atoms with E-state index in [4.69, 9.17) is 4.74 Å². The number of hydrogen-bond acceptors (Lipinski definition) is 3. The maximum Gasteiger partial charge on any atom is 0.329 e. The van der Waals surface area contributed by atoms with E-state index in [1.807, 2.05) is 30.3 Å². The van der Waals surface area contributed by atoms with E-state index < -0.39 is 6.04 Å². The number of piperidine rings is 1. The van der Waals surface area contributed by atoms with E-state index in [1.54, 1.807) is 4.90 Å². The van der Waals surface area contributed by atoms with Crippen molar-refractivity contribution in [2.24, 2.45) is 5.92 Å². The number of carbonyl (C=O) groups is 2. The Morgan fingerprint density at radius 1 is 1.04 bits per heavy atom. The van der Waals surface area contributed by atoms with E-state index in [1.165, 1.54) is 19.3 Å². The first-order valence-electron chi connectivity index (χ1n) is 10.0. The molecule has 2 saturated carbocycles. The average Bonchev–Trinajstić information content (AvgIpc) is 3.29. The van der Waals surface area contributed by atoms with Gasteiger partial charge in [0, 0.05) is 12.1 Å². The normalized spacial score (nSPS) is 28.2. The summed E-state index contributed by atoms with van der Waals surface area (Å²) in [6, 6.07) is 9.68. The first kappa shape index (κ1) is 17.4. The van der Waals surface area contributed by atoms with Crippen LogP contribution < -0.4 is 5.32 Å². The minimum Gasteiger partial charge on any atom is -0.459 e. The third-order valence-electron chi connectivity index (χ3n) is 6.22. The maximum atomic E-state index is 12.9. The van der Waals surface area contributed by atoms with Gasteiger partial charge in [0.1, 0.15) is 12.6 Å². The van der Waals surface area contributed by atoms with Crippen LogP contribution in [0.15, 0.2) is 30.3 Å². The Hall–Kier alpha value is -2.04. The van der Waals surface area contributed by atoms with Crippen LogP contribution in [0.25, 0.3) is 0 Å². The molecule has 3 fully saturated rings. The minimum absolute atomic E-state index is 0.0641. The molecule has 140 valence electrons. The molecule has 1 heterocycles. The number of amides is 2. The molecular formula is C21H28N2O3. The molecule has 0 aromatic heterocycles. The standard InChI is InChI=1S/C21H28N2O3/c24-20(26-14-15-7-3-1-4-8-15)19-16-11-12-18(13-16)23(19)21(25)22-17-9-5-2-6-10-17/h1,3-4,7-8,16-19H,2,5-6,9-14H2,(H,22,25)/t16-,18-,19-/m0/s1. The van der Waals surface area contributed by atoms with E-state index in [0.29, 0.717) is 0 Å². The van der Waals surface area contributed by atoms with Crippen molar-refractivity contribution in [1.29, 1.82) is 0 Å². The van der Waals surface area contributed by atoms with E-state index in [0.717, 1.165) is 37.7 Å². The van der Waals surface area contributed by atoms with Crippen molar-refractivity contribution in [1.82, 2.24) is 10.2 Å². The average molecular weight is 356 g/mol. The van der Waals surface area contributed by atoms with Crippen molar-refractivity contribution in [3.8, 4) is 0 Å². The molecular weight excluding hydrogens is 328 g/mol. The maximum absolute atomic E-state index is 12.9. The molecule has 0 spiro atoms. The Kier molecular flexibility index (Phi) is 5.14. The summed E-state index contributed by atoms with van der Waals surface area (Å²) >= 11 is 0. The summed E-state index contributed by atoms with van der Waals surface area (Å²) in [6.45, 7) is 0.269. The van der Waals surface area contributed by atoms with Crippen LogP contribution in [0.2, 0.25) is 0 Å². The highest BCUT2D eigenvalue weighted by Crippen LogP contribution is 2.43. The number of rotatable bonds is 4. The Balaban J connectivity index is 1.39. The molecule has 1 aromatic carbocycles. The van der Waals surface area contributed by atoms with Gasteiger partial charge in [-0.3, -0.25) is 0 Å². The number of nitrogens with zero attached hydrogens (tertiary/aromatic N) is 1. The fraction of sp³-hybridized carbons (Fsp3) is 0.619. The van der Waals surface area contributed by atoms with Gasteiger partial charge in [-0.25, -0.2) is 9.59 Å². The van der Waals surface area contributed by atoms with Crippen LogP contribution in [0.5, 0.6) is 0 Å². The highest BCUT2D eigenvalue weighted by molar-refractivity contribution is 5.85. The highest BCUT2D eigenvalue weighted by atomic mass is 16.5. The summed E-state index contributed by atoms with van der Waals surface area (Å²) in [4.78, 5) is 27.5. The second-order valence-corrected chi connectivity index (χ2v) is 7.96. The monoisotopic (exact) mass is 356 g/mol. The zero-order valence-corrected chi connectivity index (χ0v) is 15.2. The summed E-state index contributed by atoms with van der Waals surface area (Å²) in [5.41, 5.74) is 0.974. The topological polar surface area (TPSA) is 58.6 Å². The van der Waals surface area contributed by atoms with Crippen LogP contribution in [0.1, 0.15) is 56.9 Å². The van der Waals surface area contributed by atoms with Gasteiger partial charge in [-0.05, 0) is 43.6 Å². The summed E-state index contributed by atoms with van der Waals surface area (Å²) in [5.74, 6) is 0.000210. The number of ether oxygens (including phenoxy) is 1. The summed E-state index contributed by atoms with van der Waals surface area (Å²) in [7, 11) is 0. The molecule has 0 unspecified atom stereocenters. The Morgan fingerprint density at radius 2 is 1.81 bits per heavy atom. The van der Waals surface area contributed by atoms with Gasteiger partial charge in [-0.15, -0.1) is 0 Å². The second-order valence-electron chi connectivity index (χ2n) is 7.96. The van der Waals surface area contributed by atoms with Crippen molar-refractivity contribution in [3.05, 3.63) is 35.9 Å². The van der Waals surface area contributed by atoms with Gasteiger partial charge in [0.15, 0.2) is 0 Å². The van der Waals surface area contributed by atoms with E-state index in [2.05, 4.69) is 5.32 Å². The molecule has 2 amide bonds. The Morgan fingerprint density at radius 3 is 2.58 bits per heavy atom. The third kappa shape index (κ3) is 3.57. The van der Waals surface area contributed by atoms with Gasteiger partial charge >= 0.3 is 12.0 Å². The largest absolute Gasteiger partial charge is 0.459 e. The summed E-state index contributed by atoms with van der Waals surface area (Å²) in [6.07, 6.45) is 8.68. The number of fused-ring (bicyclic) bond motifs is 2. The molecule has 5 nitrogen and oxygen atoms in total. The molecule has 2 aliphatic carbocycles. The van der Waals surface area contributed by atoms with Crippen molar-refractivity contribution in [3.63, 3.8) is 0 Å². The van der Waals surface area contributed by atoms with Crippen LogP contribution in [-0.4, -0.2) is 35.0 Å². The number of nitrogens with one attached hydrogen (secondary N) is 1. The van der Waals surface area contributed by atoms with E-state index in [-0.39, 0.29) is 36.6 Å². The summed E-state index contributed by atoms with van der Waals surface area (Å²) in [5, 5.41) is 3.18. The van der Waals surface area contributed by atoms with Crippen LogP contribution in [0.4, 0.5) is 4.79 Å². The van der Waals surface area contributed by atoms with Gasteiger partial charge in [0.05, 0.1) is 0 Å². The molecule has 4 rings (SSSR count). The number of hydrogen-bond donors (Lipinski definition) is 1.